The van der Waals surface area contributed by atoms with Crippen LogP contribution in [0.1, 0.15) is 30.1 Å². The Balaban J connectivity index is 1.70. The van der Waals surface area contributed by atoms with E-state index in [0.717, 1.165) is 23.7 Å². The molecule has 0 aliphatic carbocycles. The molecule has 4 nitrogen and oxygen atoms in total. The average molecular weight is 387 g/mol. The molecular weight excluding hydrogens is 368 g/mol. The summed E-state index contributed by atoms with van der Waals surface area (Å²) in [5, 5.41) is 5.25. The minimum Gasteiger partial charge on any atom is -0.347 e. The van der Waals surface area contributed by atoms with E-state index in [4.69, 9.17) is 11.6 Å². The Bertz CT molecular complexity index is 1130. The van der Waals surface area contributed by atoms with Crippen molar-refractivity contribution in [1.82, 2.24) is 9.88 Å². The molecule has 2 aliphatic rings. The number of fused-ring (bicyclic) bond motifs is 6. The van der Waals surface area contributed by atoms with Crippen LogP contribution in [0, 0.1) is 0 Å². The third-order valence-electron chi connectivity index (χ3n) is 5.80. The lowest BCUT2D eigenvalue weighted by Crippen LogP contribution is -2.32. The summed E-state index contributed by atoms with van der Waals surface area (Å²) in [5.74, 6) is 0. The lowest BCUT2D eigenvalue weighted by molar-refractivity contribution is 0.503. The van der Waals surface area contributed by atoms with E-state index < -0.39 is 9.84 Å². The van der Waals surface area contributed by atoms with Crippen molar-refractivity contribution in [3.05, 3.63) is 58.7 Å². The van der Waals surface area contributed by atoms with E-state index in [1.807, 2.05) is 12.1 Å². The average Bonchev–Trinajstić information content (AvgIpc) is 3.14. The number of benzene rings is 2. The molecule has 1 N–H and O–H groups in total. The minimum absolute atomic E-state index is 0.269. The fourth-order valence-corrected chi connectivity index (χ4v) is 5.91. The third-order valence-corrected chi connectivity index (χ3v) is 7.82. The van der Waals surface area contributed by atoms with Gasteiger partial charge in [-0.1, -0.05) is 11.6 Å². The van der Waals surface area contributed by atoms with Crippen LogP contribution in [0.5, 0.6) is 0 Å². The number of nitrogens with one attached hydrogen (secondary N) is 1. The molecule has 2 aliphatic heterocycles. The summed E-state index contributed by atoms with van der Waals surface area (Å²) in [6.07, 6.45) is 3.31. The van der Waals surface area contributed by atoms with Gasteiger partial charge in [-0.15, -0.1) is 0 Å². The van der Waals surface area contributed by atoms with Gasteiger partial charge in [0.1, 0.15) is 0 Å². The van der Waals surface area contributed by atoms with Gasteiger partial charge in [0, 0.05) is 47.2 Å². The fraction of sp³-hybridized carbons (Fsp3) is 0.300. The first-order valence-electron chi connectivity index (χ1n) is 8.83. The second-order valence-electron chi connectivity index (χ2n) is 7.25. The molecular formula is C20H19ClN2O2S. The van der Waals surface area contributed by atoms with Crippen LogP contribution in [-0.4, -0.2) is 19.0 Å². The standard InChI is InChI=1S/C20H19ClN2O2S/c1-23-18-9-7-15(26(24,25)14-5-2-12(21)3-6-14)11-16(18)20-17-8-4-13(22-17)10-19(20)23/h2-3,5-7,9,11,13,17,22H,4,8,10H2,1H3. The van der Waals surface area contributed by atoms with Crippen molar-refractivity contribution in [2.45, 2.75) is 41.1 Å². The molecule has 2 aromatic carbocycles. The van der Waals surface area contributed by atoms with Crippen LogP contribution in [-0.2, 0) is 23.3 Å². The molecule has 3 aromatic rings. The molecule has 0 amide bonds. The highest BCUT2D eigenvalue weighted by Crippen LogP contribution is 2.42. The zero-order valence-electron chi connectivity index (χ0n) is 14.4. The van der Waals surface area contributed by atoms with E-state index in [1.54, 1.807) is 30.3 Å². The summed E-state index contributed by atoms with van der Waals surface area (Å²) in [4.78, 5) is 0.603. The van der Waals surface area contributed by atoms with Gasteiger partial charge >= 0.3 is 0 Å². The second kappa shape index (κ2) is 5.59. The quantitative estimate of drug-likeness (QED) is 0.723. The maximum atomic E-state index is 13.1. The summed E-state index contributed by atoms with van der Waals surface area (Å²) < 4.78 is 28.3. The molecule has 2 atom stereocenters. The second-order valence-corrected chi connectivity index (χ2v) is 9.64. The van der Waals surface area contributed by atoms with Crippen LogP contribution in [0.2, 0.25) is 5.02 Å². The van der Waals surface area contributed by atoms with Gasteiger partial charge in [0.15, 0.2) is 0 Å². The van der Waals surface area contributed by atoms with Crippen molar-refractivity contribution in [2.75, 3.05) is 0 Å². The van der Waals surface area contributed by atoms with Gasteiger partial charge < -0.3 is 9.88 Å². The Labute approximate surface area is 157 Å². The van der Waals surface area contributed by atoms with Crippen LogP contribution in [0.25, 0.3) is 10.9 Å². The molecule has 1 aromatic heterocycles. The SMILES string of the molecule is Cn1c2c(c3cc(S(=O)(=O)c4ccc(Cl)cc4)ccc31)C1CCC(C2)N1. The minimum atomic E-state index is -3.57. The number of rotatable bonds is 2. The highest BCUT2D eigenvalue weighted by atomic mass is 35.5. The van der Waals surface area contributed by atoms with E-state index in [0.29, 0.717) is 22.0 Å². The monoisotopic (exact) mass is 386 g/mol. The summed E-state index contributed by atoms with van der Waals surface area (Å²) in [5.41, 5.74) is 3.72. The Morgan fingerprint density at radius 1 is 1.08 bits per heavy atom. The van der Waals surface area contributed by atoms with Crippen molar-refractivity contribution >= 4 is 32.3 Å². The van der Waals surface area contributed by atoms with Crippen molar-refractivity contribution in [1.29, 1.82) is 0 Å². The van der Waals surface area contributed by atoms with E-state index in [2.05, 4.69) is 16.9 Å². The smallest absolute Gasteiger partial charge is 0.206 e. The van der Waals surface area contributed by atoms with Gasteiger partial charge in [-0.3, -0.25) is 0 Å². The number of hydrogen-bond acceptors (Lipinski definition) is 3. The number of hydrogen-bond donors (Lipinski definition) is 1. The molecule has 26 heavy (non-hydrogen) atoms. The first-order chi connectivity index (χ1) is 12.4. The predicted molar refractivity (Wildman–Crippen MR) is 102 cm³/mol. The molecule has 0 saturated carbocycles. The molecule has 2 bridgehead atoms. The Morgan fingerprint density at radius 3 is 2.58 bits per heavy atom. The summed E-state index contributed by atoms with van der Waals surface area (Å²) in [6, 6.07) is 12.7. The number of sulfone groups is 1. The van der Waals surface area contributed by atoms with Crippen LogP contribution in [0.4, 0.5) is 0 Å². The highest BCUT2D eigenvalue weighted by Gasteiger charge is 2.36. The molecule has 1 saturated heterocycles. The fourth-order valence-electron chi connectivity index (χ4n) is 4.50. The lowest BCUT2D eigenvalue weighted by Gasteiger charge is -2.23. The molecule has 0 spiro atoms. The first-order valence-corrected chi connectivity index (χ1v) is 10.7. The normalized spacial score (nSPS) is 21.9. The lowest BCUT2D eigenvalue weighted by atomic mass is 9.99. The Hall–Kier alpha value is -1.82. The van der Waals surface area contributed by atoms with Crippen molar-refractivity contribution in [3.8, 4) is 0 Å². The van der Waals surface area contributed by atoms with E-state index in [9.17, 15) is 8.42 Å². The molecule has 5 rings (SSSR count). The molecule has 134 valence electrons. The number of aryl methyl sites for hydroxylation is 1. The van der Waals surface area contributed by atoms with E-state index in [-0.39, 0.29) is 4.90 Å². The molecule has 1 fully saturated rings. The van der Waals surface area contributed by atoms with Gasteiger partial charge in [-0.05, 0) is 60.9 Å². The van der Waals surface area contributed by atoms with Crippen molar-refractivity contribution < 1.29 is 8.42 Å². The van der Waals surface area contributed by atoms with Crippen LogP contribution < -0.4 is 5.32 Å². The summed E-state index contributed by atoms with van der Waals surface area (Å²) >= 11 is 5.90. The summed E-state index contributed by atoms with van der Waals surface area (Å²) in [7, 11) is -1.48. The number of halogens is 1. The molecule has 3 heterocycles. The van der Waals surface area contributed by atoms with E-state index in [1.165, 1.54) is 17.7 Å². The number of aromatic nitrogens is 1. The van der Waals surface area contributed by atoms with Crippen LogP contribution in [0.3, 0.4) is 0 Å². The first kappa shape index (κ1) is 16.4. The zero-order valence-corrected chi connectivity index (χ0v) is 15.9. The predicted octanol–water partition coefficient (Wildman–Crippen LogP) is 4.01. The highest BCUT2D eigenvalue weighted by molar-refractivity contribution is 7.91. The Kier molecular flexibility index (Phi) is 3.52. The topological polar surface area (TPSA) is 51.1 Å². The van der Waals surface area contributed by atoms with Gasteiger partial charge in [-0.2, -0.15) is 0 Å². The van der Waals surface area contributed by atoms with Crippen LogP contribution >= 0.6 is 11.6 Å². The molecule has 2 unspecified atom stereocenters. The van der Waals surface area contributed by atoms with E-state index >= 15 is 0 Å². The van der Waals surface area contributed by atoms with Crippen molar-refractivity contribution in [3.63, 3.8) is 0 Å². The summed E-state index contributed by atoms with van der Waals surface area (Å²) in [6.45, 7) is 0. The zero-order chi connectivity index (χ0) is 18.1. The van der Waals surface area contributed by atoms with Crippen molar-refractivity contribution in [2.24, 2.45) is 7.05 Å². The third kappa shape index (κ3) is 2.27. The maximum Gasteiger partial charge on any atom is 0.206 e. The molecule has 0 radical (unpaired) electrons. The van der Waals surface area contributed by atoms with Gasteiger partial charge in [-0.25, -0.2) is 8.42 Å². The largest absolute Gasteiger partial charge is 0.347 e. The van der Waals surface area contributed by atoms with Gasteiger partial charge in [0.25, 0.3) is 0 Å². The van der Waals surface area contributed by atoms with Gasteiger partial charge in [0.05, 0.1) is 9.79 Å². The maximum absolute atomic E-state index is 13.1. The van der Waals surface area contributed by atoms with Gasteiger partial charge in [0.2, 0.25) is 9.84 Å². The number of nitrogens with zero attached hydrogens (tertiary/aromatic N) is 1. The Morgan fingerprint density at radius 2 is 1.81 bits per heavy atom. The van der Waals surface area contributed by atoms with Crippen LogP contribution in [0.15, 0.2) is 52.3 Å². The molecule has 6 heteroatoms.